The normalized spacial score (nSPS) is 21.4. The predicted octanol–water partition coefficient (Wildman–Crippen LogP) is 4.16. The van der Waals surface area contributed by atoms with Crippen LogP contribution in [0.4, 0.5) is 10.5 Å². The van der Waals surface area contributed by atoms with Gasteiger partial charge in [0.1, 0.15) is 0 Å². The molecule has 2 amide bonds. The lowest BCUT2D eigenvalue weighted by atomic mass is 9.99. The Morgan fingerprint density at radius 2 is 1.81 bits per heavy atom. The molecule has 2 rings (SSSR count). The molecule has 1 heterocycles. The first-order chi connectivity index (χ1) is 9.79. The second kappa shape index (κ2) is 6.66. The van der Waals surface area contributed by atoms with Gasteiger partial charge in [-0.25, -0.2) is 4.79 Å². The van der Waals surface area contributed by atoms with Crippen LogP contribution >= 0.6 is 47.8 Å². The number of anilines is 1. The number of amides is 2. The monoisotopic (exact) mass is 482 g/mol. The van der Waals surface area contributed by atoms with Crippen molar-refractivity contribution >= 4 is 65.5 Å². The van der Waals surface area contributed by atoms with Crippen molar-refractivity contribution in [3.63, 3.8) is 0 Å². The van der Waals surface area contributed by atoms with Gasteiger partial charge in [0.2, 0.25) is 0 Å². The summed E-state index contributed by atoms with van der Waals surface area (Å²) in [4.78, 5) is 24.9. The summed E-state index contributed by atoms with van der Waals surface area (Å²) in [6, 6.07) is 3.36. The van der Waals surface area contributed by atoms with Gasteiger partial charge in [0.05, 0.1) is 11.6 Å². The van der Waals surface area contributed by atoms with E-state index in [0.717, 1.165) is 13.4 Å². The quantitative estimate of drug-likeness (QED) is 0.662. The van der Waals surface area contributed by atoms with E-state index < -0.39 is 11.9 Å². The maximum absolute atomic E-state index is 12.3. The van der Waals surface area contributed by atoms with Gasteiger partial charge in [-0.3, -0.25) is 4.79 Å². The molecule has 2 atom stereocenters. The Hall–Kier alpha value is -0.600. The lowest BCUT2D eigenvalue weighted by molar-refractivity contribution is -0.142. The van der Waals surface area contributed by atoms with E-state index in [1.54, 1.807) is 0 Å². The van der Waals surface area contributed by atoms with Crippen LogP contribution in [-0.2, 0) is 4.79 Å². The van der Waals surface area contributed by atoms with Gasteiger partial charge in [0, 0.05) is 26.5 Å². The molecule has 0 aromatic heterocycles. The Bertz CT molecular complexity index is 571. The lowest BCUT2D eigenvalue weighted by Gasteiger charge is -2.18. The van der Waals surface area contributed by atoms with Crippen LogP contribution in [0, 0.1) is 11.8 Å². The zero-order chi connectivity index (χ0) is 15.7. The first-order valence-corrected chi connectivity index (χ1v) is 8.60. The molecule has 8 heteroatoms. The molecule has 1 saturated heterocycles. The fraction of sp³-hybridized carbons (Fsp3) is 0.385. The summed E-state index contributed by atoms with van der Waals surface area (Å²) >= 11 is 10.2. The zero-order valence-corrected chi connectivity index (χ0v) is 15.8. The van der Waals surface area contributed by atoms with Gasteiger partial charge in [-0.05, 0) is 49.9 Å². The number of nitrogens with zero attached hydrogens (tertiary/aromatic N) is 1. The Balaban J connectivity index is 2.11. The van der Waals surface area contributed by atoms with E-state index in [9.17, 15) is 9.59 Å². The SMILES string of the molecule is C[C@@H]1CN(C(=O)Nc2c(Br)cc(Br)cc2Br)C[C@H]1C(=O)O. The number of carbonyl (C=O) groups excluding carboxylic acids is 1. The number of urea groups is 1. The summed E-state index contributed by atoms with van der Waals surface area (Å²) in [7, 11) is 0. The summed E-state index contributed by atoms with van der Waals surface area (Å²) in [6.07, 6.45) is 0. The average molecular weight is 485 g/mol. The smallest absolute Gasteiger partial charge is 0.321 e. The van der Waals surface area contributed by atoms with Crippen LogP contribution in [0.3, 0.4) is 0 Å². The third-order valence-corrected chi connectivity index (χ3v) is 5.16. The summed E-state index contributed by atoms with van der Waals surface area (Å²) in [5, 5.41) is 11.9. The van der Waals surface area contributed by atoms with Crippen molar-refractivity contribution in [3.8, 4) is 0 Å². The summed E-state index contributed by atoms with van der Waals surface area (Å²) in [6.45, 7) is 2.51. The van der Waals surface area contributed by atoms with E-state index in [-0.39, 0.29) is 18.5 Å². The zero-order valence-electron chi connectivity index (χ0n) is 11.1. The molecule has 2 N–H and O–H groups in total. The largest absolute Gasteiger partial charge is 0.481 e. The van der Waals surface area contributed by atoms with Gasteiger partial charge in [-0.15, -0.1) is 0 Å². The average Bonchev–Trinajstić information content (AvgIpc) is 2.75. The number of nitrogens with one attached hydrogen (secondary N) is 1. The highest BCUT2D eigenvalue weighted by Crippen LogP contribution is 2.35. The molecular formula is C13H13Br3N2O3. The van der Waals surface area contributed by atoms with Gasteiger partial charge in [-0.2, -0.15) is 0 Å². The Morgan fingerprint density at radius 3 is 2.29 bits per heavy atom. The molecule has 0 unspecified atom stereocenters. The van der Waals surface area contributed by atoms with Crippen LogP contribution in [-0.4, -0.2) is 35.1 Å². The molecule has 0 spiro atoms. The van der Waals surface area contributed by atoms with Gasteiger partial charge < -0.3 is 15.3 Å². The predicted molar refractivity (Wildman–Crippen MR) is 90.4 cm³/mol. The number of carboxylic acid groups (broad SMARTS) is 1. The fourth-order valence-electron chi connectivity index (χ4n) is 2.30. The Kier molecular flexibility index (Phi) is 5.32. The second-order valence-electron chi connectivity index (χ2n) is 5.00. The summed E-state index contributed by atoms with van der Waals surface area (Å²) in [5.74, 6) is -1.42. The van der Waals surface area contributed by atoms with Crippen molar-refractivity contribution in [2.24, 2.45) is 11.8 Å². The summed E-state index contributed by atoms with van der Waals surface area (Å²) < 4.78 is 2.35. The maximum Gasteiger partial charge on any atom is 0.321 e. The van der Waals surface area contributed by atoms with Gasteiger partial charge in [0.15, 0.2) is 0 Å². The first-order valence-electron chi connectivity index (χ1n) is 6.23. The molecule has 0 saturated carbocycles. The van der Waals surface area contributed by atoms with E-state index in [1.807, 2.05) is 19.1 Å². The van der Waals surface area contributed by atoms with E-state index in [1.165, 1.54) is 4.90 Å². The minimum atomic E-state index is -0.858. The molecule has 114 valence electrons. The van der Waals surface area contributed by atoms with E-state index in [4.69, 9.17) is 5.11 Å². The van der Waals surface area contributed by atoms with Crippen molar-refractivity contribution in [1.29, 1.82) is 0 Å². The van der Waals surface area contributed by atoms with Crippen molar-refractivity contribution in [2.75, 3.05) is 18.4 Å². The van der Waals surface area contributed by atoms with Gasteiger partial charge >= 0.3 is 12.0 Å². The molecule has 0 aliphatic carbocycles. The highest BCUT2D eigenvalue weighted by molar-refractivity contribution is 9.11. The number of hydrogen-bond donors (Lipinski definition) is 2. The third-order valence-electron chi connectivity index (χ3n) is 3.46. The summed E-state index contributed by atoms with van der Waals surface area (Å²) in [5.41, 5.74) is 0.620. The Labute approximate surface area is 147 Å². The van der Waals surface area contributed by atoms with Crippen molar-refractivity contribution in [3.05, 3.63) is 25.6 Å². The first kappa shape index (κ1) is 16.8. The number of hydrogen-bond acceptors (Lipinski definition) is 2. The number of aliphatic carboxylic acids is 1. The standard InChI is InChI=1S/C13H13Br3N2O3/c1-6-4-18(5-8(6)12(19)20)13(21)17-11-9(15)2-7(14)3-10(11)16/h2-3,6,8H,4-5H2,1H3,(H,17,21)(H,19,20)/t6-,8-/m1/s1. The van der Waals surface area contributed by atoms with E-state index in [2.05, 4.69) is 53.1 Å². The van der Waals surface area contributed by atoms with E-state index >= 15 is 0 Å². The molecule has 1 aliphatic rings. The molecule has 21 heavy (non-hydrogen) atoms. The van der Waals surface area contributed by atoms with Crippen LogP contribution in [0.2, 0.25) is 0 Å². The number of carbonyl (C=O) groups is 2. The molecule has 1 fully saturated rings. The van der Waals surface area contributed by atoms with Crippen LogP contribution in [0.1, 0.15) is 6.92 Å². The number of rotatable bonds is 2. The Morgan fingerprint density at radius 1 is 1.24 bits per heavy atom. The number of likely N-dealkylation sites (tertiary alicyclic amines) is 1. The lowest BCUT2D eigenvalue weighted by Crippen LogP contribution is -2.34. The fourth-order valence-corrected chi connectivity index (χ4v) is 4.76. The number of benzene rings is 1. The third kappa shape index (κ3) is 3.78. The van der Waals surface area contributed by atoms with Crippen LogP contribution in [0.25, 0.3) is 0 Å². The highest BCUT2D eigenvalue weighted by atomic mass is 79.9. The van der Waals surface area contributed by atoms with Crippen molar-refractivity contribution < 1.29 is 14.7 Å². The second-order valence-corrected chi connectivity index (χ2v) is 7.63. The molecule has 1 aromatic rings. The van der Waals surface area contributed by atoms with Gasteiger partial charge in [-0.1, -0.05) is 22.9 Å². The molecule has 0 bridgehead atoms. The van der Waals surface area contributed by atoms with E-state index in [0.29, 0.717) is 12.2 Å². The van der Waals surface area contributed by atoms with Crippen LogP contribution < -0.4 is 5.32 Å². The van der Waals surface area contributed by atoms with Crippen molar-refractivity contribution in [2.45, 2.75) is 6.92 Å². The molecule has 5 nitrogen and oxygen atoms in total. The minimum Gasteiger partial charge on any atom is -0.481 e. The highest BCUT2D eigenvalue weighted by Gasteiger charge is 2.37. The van der Waals surface area contributed by atoms with Crippen LogP contribution in [0.15, 0.2) is 25.6 Å². The molecule has 0 radical (unpaired) electrons. The maximum atomic E-state index is 12.3. The number of carboxylic acids is 1. The number of halogens is 3. The molecular weight excluding hydrogens is 472 g/mol. The van der Waals surface area contributed by atoms with Crippen LogP contribution in [0.5, 0.6) is 0 Å². The molecule has 1 aromatic carbocycles. The van der Waals surface area contributed by atoms with Gasteiger partial charge in [0.25, 0.3) is 0 Å². The minimum absolute atomic E-state index is 0.0509. The molecule has 1 aliphatic heterocycles. The topological polar surface area (TPSA) is 69.6 Å². The van der Waals surface area contributed by atoms with Crippen molar-refractivity contribution in [1.82, 2.24) is 4.90 Å².